The molecule has 1 aliphatic heterocycles. The highest BCUT2D eigenvalue weighted by atomic mass is 16.5. The van der Waals surface area contributed by atoms with Gasteiger partial charge in [0.05, 0.1) is 24.5 Å². The smallest absolute Gasteiger partial charge is 0.257 e. The molecule has 1 aliphatic rings. The average Bonchev–Trinajstić information content (AvgIpc) is 2.82. The van der Waals surface area contributed by atoms with Crippen LogP contribution < -0.4 is 5.56 Å². The van der Waals surface area contributed by atoms with E-state index < -0.39 is 0 Å². The van der Waals surface area contributed by atoms with Crippen LogP contribution in [-0.2, 0) is 17.8 Å². The predicted octanol–water partition coefficient (Wildman–Crippen LogP) is -0.372. The van der Waals surface area contributed by atoms with Crippen molar-refractivity contribution in [3.8, 4) is 11.6 Å². The van der Waals surface area contributed by atoms with E-state index in [-0.39, 0.29) is 5.56 Å². The maximum Gasteiger partial charge on any atom is 0.257 e. The van der Waals surface area contributed by atoms with E-state index in [0.29, 0.717) is 36.8 Å². The van der Waals surface area contributed by atoms with Gasteiger partial charge < -0.3 is 9.72 Å². The molecule has 0 spiro atoms. The lowest BCUT2D eigenvalue weighted by Gasteiger charge is -2.14. The first-order chi connectivity index (χ1) is 7.84. The van der Waals surface area contributed by atoms with Gasteiger partial charge in [0.15, 0.2) is 11.6 Å². The number of rotatable bonds is 1. The van der Waals surface area contributed by atoms with Gasteiger partial charge >= 0.3 is 0 Å². The van der Waals surface area contributed by atoms with Crippen molar-refractivity contribution in [3.63, 3.8) is 0 Å². The summed E-state index contributed by atoms with van der Waals surface area (Å²) in [5.74, 6) is 0.884. The highest BCUT2D eigenvalue weighted by Crippen LogP contribution is 2.13. The van der Waals surface area contributed by atoms with Crippen LogP contribution in [0.4, 0.5) is 0 Å². The average molecular weight is 219 g/mol. The van der Waals surface area contributed by atoms with Crippen LogP contribution in [0.5, 0.6) is 0 Å². The highest BCUT2D eigenvalue weighted by molar-refractivity contribution is 5.42. The SMILES string of the molecule is O=c1[nH]c(-c2ncn[nH]2)nc2c1COCC2. The van der Waals surface area contributed by atoms with Crippen molar-refractivity contribution in [3.05, 3.63) is 27.9 Å². The second-order valence-electron chi connectivity index (χ2n) is 3.48. The van der Waals surface area contributed by atoms with E-state index in [1.165, 1.54) is 6.33 Å². The molecule has 7 heteroatoms. The van der Waals surface area contributed by atoms with Crippen LogP contribution >= 0.6 is 0 Å². The molecule has 0 fully saturated rings. The van der Waals surface area contributed by atoms with E-state index in [1.54, 1.807) is 0 Å². The Kier molecular flexibility index (Phi) is 2.03. The van der Waals surface area contributed by atoms with Crippen molar-refractivity contribution < 1.29 is 4.74 Å². The molecule has 3 rings (SSSR count). The summed E-state index contributed by atoms with van der Waals surface area (Å²) in [6.45, 7) is 0.924. The minimum Gasteiger partial charge on any atom is -0.376 e. The van der Waals surface area contributed by atoms with Gasteiger partial charge in [-0.15, -0.1) is 0 Å². The number of aromatic amines is 2. The van der Waals surface area contributed by atoms with Crippen LogP contribution in [0.15, 0.2) is 11.1 Å². The molecule has 2 aromatic rings. The van der Waals surface area contributed by atoms with Crippen molar-refractivity contribution in [2.45, 2.75) is 13.0 Å². The number of nitrogens with one attached hydrogen (secondary N) is 2. The van der Waals surface area contributed by atoms with E-state index in [4.69, 9.17) is 4.74 Å². The van der Waals surface area contributed by atoms with Crippen molar-refractivity contribution in [1.29, 1.82) is 0 Å². The molecule has 16 heavy (non-hydrogen) atoms. The number of H-pyrrole nitrogens is 2. The van der Waals surface area contributed by atoms with Crippen LogP contribution in [0.25, 0.3) is 11.6 Å². The maximum atomic E-state index is 11.7. The summed E-state index contributed by atoms with van der Waals surface area (Å²) in [6.07, 6.45) is 2.03. The fourth-order valence-corrected chi connectivity index (χ4v) is 1.67. The number of ether oxygens (including phenoxy) is 1. The van der Waals surface area contributed by atoms with Crippen molar-refractivity contribution in [2.24, 2.45) is 0 Å². The van der Waals surface area contributed by atoms with Crippen molar-refractivity contribution in [2.75, 3.05) is 6.61 Å². The molecular weight excluding hydrogens is 210 g/mol. The molecule has 0 aromatic carbocycles. The summed E-state index contributed by atoms with van der Waals surface area (Å²) < 4.78 is 5.21. The lowest BCUT2D eigenvalue weighted by Crippen LogP contribution is -2.24. The summed E-state index contributed by atoms with van der Waals surface area (Å²) in [7, 11) is 0. The van der Waals surface area contributed by atoms with Gasteiger partial charge in [-0.2, -0.15) is 5.10 Å². The van der Waals surface area contributed by atoms with Gasteiger partial charge in [-0.1, -0.05) is 0 Å². The third-order valence-electron chi connectivity index (χ3n) is 2.47. The predicted molar refractivity (Wildman–Crippen MR) is 53.6 cm³/mol. The Morgan fingerprint density at radius 3 is 3.12 bits per heavy atom. The first-order valence-corrected chi connectivity index (χ1v) is 4.90. The number of fused-ring (bicyclic) bond motifs is 1. The zero-order chi connectivity index (χ0) is 11.0. The Labute approximate surface area is 89.9 Å². The molecule has 0 aliphatic carbocycles. The summed E-state index contributed by atoms with van der Waals surface area (Å²) in [6, 6.07) is 0. The monoisotopic (exact) mass is 219 g/mol. The Balaban J connectivity index is 2.16. The molecular formula is C9H9N5O2. The third kappa shape index (κ3) is 1.41. The summed E-state index contributed by atoms with van der Waals surface area (Å²) in [5, 5.41) is 6.38. The first-order valence-electron chi connectivity index (χ1n) is 4.90. The molecule has 0 atom stereocenters. The van der Waals surface area contributed by atoms with E-state index in [0.717, 1.165) is 5.69 Å². The minimum atomic E-state index is -0.170. The van der Waals surface area contributed by atoms with Crippen molar-refractivity contribution in [1.82, 2.24) is 25.1 Å². The first kappa shape index (κ1) is 9.22. The van der Waals surface area contributed by atoms with Crippen molar-refractivity contribution >= 4 is 0 Å². The zero-order valence-corrected chi connectivity index (χ0v) is 8.36. The van der Waals surface area contributed by atoms with Gasteiger partial charge in [0, 0.05) is 6.42 Å². The van der Waals surface area contributed by atoms with E-state index in [1.807, 2.05) is 0 Å². The van der Waals surface area contributed by atoms with Gasteiger partial charge in [-0.05, 0) is 0 Å². The Bertz CT molecular complexity index is 560. The number of nitrogens with zero attached hydrogens (tertiary/aromatic N) is 3. The molecule has 2 N–H and O–H groups in total. The number of hydrogen-bond acceptors (Lipinski definition) is 5. The van der Waals surface area contributed by atoms with Gasteiger partial charge in [0.2, 0.25) is 0 Å². The Morgan fingerprint density at radius 1 is 1.38 bits per heavy atom. The molecule has 82 valence electrons. The highest BCUT2D eigenvalue weighted by Gasteiger charge is 2.17. The number of hydrogen-bond donors (Lipinski definition) is 2. The molecule has 0 unspecified atom stereocenters. The standard InChI is InChI=1S/C9H9N5O2/c15-9-5-3-16-2-1-6(5)12-8(13-9)7-10-4-11-14-7/h4H,1-3H2,(H,10,11,14)(H,12,13,15). The fraction of sp³-hybridized carbons (Fsp3) is 0.333. The van der Waals surface area contributed by atoms with Gasteiger partial charge in [0.1, 0.15) is 6.33 Å². The molecule has 3 heterocycles. The molecule has 0 amide bonds. The lowest BCUT2D eigenvalue weighted by molar-refractivity contribution is 0.108. The topological polar surface area (TPSA) is 96.6 Å². The van der Waals surface area contributed by atoms with Gasteiger partial charge in [-0.3, -0.25) is 9.89 Å². The Hall–Kier alpha value is -2.02. The van der Waals surface area contributed by atoms with E-state index >= 15 is 0 Å². The van der Waals surface area contributed by atoms with Crippen LogP contribution in [0.1, 0.15) is 11.3 Å². The van der Waals surface area contributed by atoms with Gasteiger partial charge in [-0.25, -0.2) is 9.97 Å². The molecule has 0 radical (unpaired) electrons. The molecule has 2 aromatic heterocycles. The van der Waals surface area contributed by atoms with Crippen LogP contribution in [-0.4, -0.2) is 31.8 Å². The second kappa shape index (κ2) is 3.53. The molecule has 0 saturated heterocycles. The van der Waals surface area contributed by atoms with Crippen LogP contribution in [0.3, 0.4) is 0 Å². The van der Waals surface area contributed by atoms with Gasteiger partial charge in [0.25, 0.3) is 5.56 Å². The lowest BCUT2D eigenvalue weighted by atomic mass is 10.1. The molecule has 0 bridgehead atoms. The van der Waals surface area contributed by atoms with E-state index in [2.05, 4.69) is 25.1 Å². The van der Waals surface area contributed by atoms with Crippen LogP contribution in [0, 0.1) is 0 Å². The normalized spacial score (nSPS) is 14.8. The largest absolute Gasteiger partial charge is 0.376 e. The maximum absolute atomic E-state index is 11.7. The van der Waals surface area contributed by atoms with E-state index in [9.17, 15) is 4.79 Å². The second-order valence-corrected chi connectivity index (χ2v) is 3.48. The van der Waals surface area contributed by atoms with Crippen LogP contribution in [0.2, 0.25) is 0 Å². The molecule has 7 nitrogen and oxygen atoms in total. The quantitative estimate of drug-likeness (QED) is 0.682. The zero-order valence-electron chi connectivity index (χ0n) is 8.36. The molecule has 0 saturated carbocycles. The minimum absolute atomic E-state index is 0.170. The summed E-state index contributed by atoms with van der Waals surface area (Å²) in [5.41, 5.74) is 1.21. The third-order valence-corrected chi connectivity index (χ3v) is 2.47. The number of aromatic nitrogens is 5. The summed E-state index contributed by atoms with van der Waals surface area (Å²) >= 11 is 0. The fourth-order valence-electron chi connectivity index (χ4n) is 1.67. The Morgan fingerprint density at radius 2 is 2.31 bits per heavy atom. The summed E-state index contributed by atoms with van der Waals surface area (Å²) in [4.78, 5) is 22.7.